The Bertz CT molecular complexity index is 293. The van der Waals surface area contributed by atoms with Crippen molar-refractivity contribution in [2.75, 3.05) is 0 Å². The van der Waals surface area contributed by atoms with Crippen LogP contribution in [0.3, 0.4) is 0 Å². The van der Waals surface area contributed by atoms with Gasteiger partial charge < -0.3 is 0 Å². The zero-order valence-electron chi connectivity index (χ0n) is 27.3. The largest absolute Gasteiger partial charge is 0 e. The minimum absolute atomic E-state index is 0. The van der Waals surface area contributed by atoms with Crippen LogP contribution in [0.2, 0.25) is 21.1 Å². The van der Waals surface area contributed by atoms with Gasteiger partial charge >= 0.3 is 26.2 Å². The first kappa shape index (κ1) is 49.7. The van der Waals surface area contributed by atoms with E-state index in [1.807, 2.05) is 128 Å². The third-order valence-corrected chi connectivity index (χ3v) is 11.6. The minimum Gasteiger partial charge on any atom is 0 e. The smallest absolute Gasteiger partial charge is 0 e. The van der Waals surface area contributed by atoms with Crippen LogP contribution in [0.5, 0.6) is 0 Å². The van der Waals surface area contributed by atoms with E-state index in [1.165, 1.54) is 21.1 Å². The van der Waals surface area contributed by atoms with Crippen molar-refractivity contribution >= 4 is 30.4 Å². The molecule has 0 aromatic rings. The van der Waals surface area contributed by atoms with E-state index in [2.05, 4.69) is 55.4 Å². The van der Waals surface area contributed by atoms with E-state index in [-0.39, 0.29) is 52.4 Å². The van der Waals surface area contributed by atoms with Crippen molar-refractivity contribution in [2.45, 2.75) is 76.5 Å². The van der Waals surface area contributed by atoms with Crippen molar-refractivity contribution in [3.05, 3.63) is 128 Å². The molecule has 4 saturated carbocycles. The first-order valence-electron chi connectivity index (χ1n) is 14.9. The summed E-state index contributed by atoms with van der Waals surface area (Å²) in [5, 5.41) is 6.16. The first-order chi connectivity index (χ1) is 18.3. The molecule has 4 heteroatoms. The summed E-state index contributed by atoms with van der Waals surface area (Å²) < 4.78 is 0. The van der Waals surface area contributed by atoms with Crippen molar-refractivity contribution in [3.63, 3.8) is 0 Å². The quantitative estimate of drug-likeness (QED) is 0.220. The van der Waals surface area contributed by atoms with E-state index >= 15 is 0 Å². The fourth-order valence-corrected chi connectivity index (χ4v) is 6.89. The molecule has 40 heavy (non-hydrogen) atoms. The van der Waals surface area contributed by atoms with E-state index in [9.17, 15) is 0 Å². The van der Waals surface area contributed by atoms with Crippen LogP contribution in [-0.4, -0.2) is 30.4 Å². The fraction of sp³-hybridized carbons (Fsp3) is 0.444. The summed E-state index contributed by atoms with van der Waals surface area (Å²) in [6.07, 6.45) is 40.0. The summed E-state index contributed by atoms with van der Waals surface area (Å²) in [5.74, 6) is 3.82. The fourth-order valence-electron chi connectivity index (χ4n) is 3.15. The molecular formula is C36H60Al2Zr2. The van der Waals surface area contributed by atoms with Crippen molar-refractivity contribution in [1.82, 2.24) is 0 Å². The minimum atomic E-state index is 0. The molecule has 0 aromatic heterocycles. The second-order valence-corrected chi connectivity index (χ2v) is 15.0. The Kier molecular flexibility index (Phi) is 52.0. The third kappa shape index (κ3) is 53.4. The van der Waals surface area contributed by atoms with Crippen LogP contribution in [0.1, 0.15) is 55.4 Å². The molecule has 4 aliphatic rings. The molecule has 20 radical (unpaired) electrons. The maximum absolute atomic E-state index is 2.33. The molecule has 0 saturated heterocycles. The van der Waals surface area contributed by atoms with E-state index in [4.69, 9.17) is 0 Å². The van der Waals surface area contributed by atoms with E-state index < -0.39 is 0 Å². The Hall–Kier alpha value is 2.83. The second kappa shape index (κ2) is 41.8. The Morgan fingerprint density at radius 3 is 0.475 bits per heavy atom. The molecule has 218 valence electrons. The average Bonchev–Trinajstić information content (AvgIpc) is 3.72. The van der Waals surface area contributed by atoms with Crippen LogP contribution < -0.4 is 0 Å². The van der Waals surface area contributed by atoms with Gasteiger partial charge in [-0.2, -0.15) is 0 Å². The van der Waals surface area contributed by atoms with E-state index in [1.54, 1.807) is 0 Å². The summed E-state index contributed by atoms with van der Waals surface area (Å²) in [7, 11) is 0. The molecule has 0 spiro atoms. The van der Waals surface area contributed by atoms with Gasteiger partial charge in [0.05, 0.1) is 0 Å². The van der Waals surface area contributed by atoms with Crippen LogP contribution in [0.15, 0.2) is 0 Å². The Labute approximate surface area is 308 Å². The first-order valence-corrected chi connectivity index (χ1v) is 18.9. The maximum Gasteiger partial charge on any atom is 0 e. The molecule has 0 N–H and O–H groups in total. The van der Waals surface area contributed by atoms with Crippen LogP contribution >= 0.6 is 0 Å². The Balaban J connectivity index is -0.000000196. The molecule has 0 bridgehead atoms. The zero-order chi connectivity index (χ0) is 28.7. The monoisotopic (exact) mass is 726 g/mol. The zero-order valence-corrected chi connectivity index (χ0v) is 36.1. The van der Waals surface area contributed by atoms with E-state index in [0.29, 0.717) is 30.4 Å². The normalized spacial score (nSPS) is 16.9. The molecule has 0 aromatic carbocycles. The number of rotatable bonds is 8. The van der Waals surface area contributed by atoms with Crippen molar-refractivity contribution < 1.29 is 52.4 Å². The van der Waals surface area contributed by atoms with Gasteiger partial charge in [-0.1, -0.05) is 100 Å². The van der Waals surface area contributed by atoms with Crippen LogP contribution in [0.25, 0.3) is 0 Å². The van der Waals surface area contributed by atoms with Gasteiger partial charge in [0.15, 0.2) is 0 Å². The number of hydrogen-bond donors (Lipinski definition) is 0. The van der Waals surface area contributed by atoms with Gasteiger partial charge in [0, 0.05) is 26.2 Å². The SMILES string of the molecule is CC(C)[CH2][AlH][CH2]C(C)C.CC(C)[CH2][AlH][CH2]C(C)C.[CH]1[CH][CH][CH][CH]1.[CH]1[CH][CH][CH][CH]1.[CH]1[CH][CH][CH][CH]1.[CH]1[CH][CH][CH][CH]1.[ZrH2].[Zr]. The van der Waals surface area contributed by atoms with Gasteiger partial charge in [-0.15, -0.1) is 0 Å². The Morgan fingerprint density at radius 1 is 0.300 bits per heavy atom. The molecule has 4 rings (SSSR count). The van der Waals surface area contributed by atoms with Crippen LogP contribution in [0.4, 0.5) is 0 Å². The van der Waals surface area contributed by atoms with Crippen molar-refractivity contribution in [2.24, 2.45) is 23.7 Å². The van der Waals surface area contributed by atoms with Crippen LogP contribution in [0, 0.1) is 152 Å². The molecule has 0 heterocycles. The second-order valence-electron chi connectivity index (χ2n) is 11.3. The summed E-state index contributed by atoms with van der Waals surface area (Å²) in [5.41, 5.74) is 0. The number of hydrogen-bond acceptors (Lipinski definition) is 0. The summed E-state index contributed by atoms with van der Waals surface area (Å²) >= 11 is 0.633. The predicted molar refractivity (Wildman–Crippen MR) is 182 cm³/mol. The topological polar surface area (TPSA) is 0 Å². The molecule has 0 atom stereocenters. The van der Waals surface area contributed by atoms with Gasteiger partial charge in [-0.25, -0.2) is 0 Å². The Morgan fingerprint density at radius 2 is 0.400 bits per heavy atom. The van der Waals surface area contributed by atoms with Crippen molar-refractivity contribution in [1.29, 1.82) is 0 Å². The molecule has 0 nitrogen and oxygen atoms in total. The van der Waals surface area contributed by atoms with Gasteiger partial charge in [0.25, 0.3) is 0 Å². The predicted octanol–water partition coefficient (Wildman–Crippen LogP) is 8.69. The van der Waals surface area contributed by atoms with Gasteiger partial charge in [-0.05, 0) is 128 Å². The molecule has 4 fully saturated rings. The van der Waals surface area contributed by atoms with Crippen LogP contribution in [-0.2, 0) is 52.4 Å². The maximum atomic E-state index is 2.33. The summed E-state index contributed by atoms with van der Waals surface area (Å²) in [6.45, 7) is 18.6. The van der Waals surface area contributed by atoms with Gasteiger partial charge in [0.2, 0.25) is 30.4 Å². The summed E-state index contributed by atoms with van der Waals surface area (Å²) in [6, 6.07) is 0. The summed E-state index contributed by atoms with van der Waals surface area (Å²) in [4.78, 5) is 0. The molecule has 0 aliphatic heterocycles. The standard InChI is InChI=1S/4C5H5.4C4H9.2Al.2Zr.4H/c4*1-2-4-5-3-1;4*1-4(2)3;;;;;;;;/h4*1-5H;4*4H,1H2,2-3H3;;;;;;;;. The molecule has 4 aliphatic carbocycles. The van der Waals surface area contributed by atoms with Crippen molar-refractivity contribution in [3.8, 4) is 0 Å². The van der Waals surface area contributed by atoms with E-state index in [0.717, 1.165) is 23.7 Å². The van der Waals surface area contributed by atoms with Gasteiger partial charge in [0.1, 0.15) is 0 Å². The molecular weight excluding hydrogens is 669 g/mol. The van der Waals surface area contributed by atoms with Gasteiger partial charge in [-0.3, -0.25) is 0 Å². The average molecular weight is 729 g/mol. The molecule has 0 unspecified atom stereocenters. The third-order valence-electron chi connectivity index (χ3n) is 5.35. The molecule has 0 amide bonds.